The Morgan fingerprint density at radius 1 is 1.21 bits per heavy atom. The van der Waals surface area contributed by atoms with Crippen LogP contribution in [0.4, 0.5) is 0 Å². The number of rotatable bonds is 3. The van der Waals surface area contributed by atoms with Crippen LogP contribution >= 0.6 is 0 Å². The fraction of sp³-hybridized carbons (Fsp3) is 0.538. The highest BCUT2D eigenvalue weighted by atomic mass is 16.7. The smallest absolute Gasteiger partial charge is 0.402 e. The highest BCUT2D eigenvalue weighted by molar-refractivity contribution is 6.46. The van der Waals surface area contributed by atoms with Crippen molar-refractivity contribution in [1.29, 1.82) is 0 Å². The molecular formula is C13H19BN2O3. The Morgan fingerprint density at radius 2 is 1.74 bits per heavy atom. The number of pyridine rings is 1. The highest BCUT2D eigenvalue weighted by Gasteiger charge is 2.50. The van der Waals surface area contributed by atoms with E-state index in [0.29, 0.717) is 12.0 Å². The number of hydrogen-bond acceptors (Lipinski definition) is 4. The van der Waals surface area contributed by atoms with Crippen LogP contribution in [0.3, 0.4) is 0 Å². The Bertz CT molecular complexity index is 446. The Morgan fingerprint density at radius 3 is 2.26 bits per heavy atom. The minimum Gasteiger partial charge on any atom is -0.402 e. The maximum atomic E-state index is 11.9. The second-order valence-corrected chi connectivity index (χ2v) is 5.63. The van der Waals surface area contributed by atoms with E-state index in [-0.39, 0.29) is 17.1 Å². The summed E-state index contributed by atoms with van der Waals surface area (Å²) < 4.78 is 11.6. The molecule has 5 nitrogen and oxygen atoms in total. The van der Waals surface area contributed by atoms with Crippen molar-refractivity contribution in [3.05, 3.63) is 30.1 Å². The molecule has 0 saturated carbocycles. The summed E-state index contributed by atoms with van der Waals surface area (Å²) in [4.78, 5) is 15.7. The van der Waals surface area contributed by atoms with Crippen molar-refractivity contribution in [1.82, 2.24) is 10.3 Å². The summed E-state index contributed by atoms with van der Waals surface area (Å²) in [6.07, 6.45) is 3.50. The van der Waals surface area contributed by atoms with Gasteiger partial charge in [-0.25, -0.2) is 0 Å². The molecule has 0 radical (unpaired) electrons. The van der Waals surface area contributed by atoms with Crippen LogP contribution < -0.4 is 5.32 Å². The van der Waals surface area contributed by atoms with Crippen LogP contribution in [0.15, 0.2) is 24.5 Å². The maximum absolute atomic E-state index is 11.9. The molecule has 19 heavy (non-hydrogen) atoms. The molecule has 2 heterocycles. The Labute approximate surface area is 113 Å². The molecular weight excluding hydrogens is 243 g/mol. The number of nitrogens with one attached hydrogen (secondary N) is 1. The lowest BCUT2D eigenvalue weighted by Gasteiger charge is -2.32. The first-order chi connectivity index (χ1) is 8.82. The predicted octanol–water partition coefficient (Wildman–Crippen LogP) is 1.44. The number of carbonyl (C=O) groups is 1. The first kappa shape index (κ1) is 14.0. The van der Waals surface area contributed by atoms with Crippen molar-refractivity contribution in [2.75, 3.05) is 6.44 Å². The molecule has 1 aromatic rings. The lowest BCUT2D eigenvalue weighted by Crippen LogP contribution is -2.41. The van der Waals surface area contributed by atoms with Gasteiger partial charge in [0.15, 0.2) is 0 Å². The average molecular weight is 262 g/mol. The number of hydrogen-bond donors (Lipinski definition) is 1. The first-order valence-corrected chi connectivity index (χ1v) is 6.36. The third kappa shape index (κ3) is 2.96. The van der Waals surface area contributed by atoms with Crippen LogP contribution in [0.1, 0.15) is 38.1 Å². The standard InChI is InChI=1S/C13H19BN2O3/c1-12(2)13(3,4)19-14(18-12)9-16-11(17)10-5-7-15-8-6-10/h5-8H,9H2,1-4H3,(H,16,17). The Hall–Kier alpha value is -1.40. The van der Waals surface area contributed by atoms with Crippen molar-refractivity contribution >= 4 is 13.0 Å². The quantitative estimate of drug-likeness (QED) is 0.837. The molecule has 6 heteroatoms. The summed E-state index contributed by atoms with van der Waals surface area (Å²) in [6, 6.07) is 3.33. The van der Waals surface area contributed by atoms with Crippen LogP contribution in [0, 0.1) is 0 Å². The first-order valence-electron chi connectivity index (χ1n) is 6.36. The van der Waals surface area contributed by atoms with Gasteiger partial charge < -0.3 is 14.6 Å². The van der Waals surface area contributed by atoms with E-state index in [2.05, 4.69) is 10.3 Å². The molecule has 0 aliphatic carbocycles. The molecule has 2 rings (SSSR count). The lowest BCUT2D eigenvalue weighted by molar-refractivity contribution is 0.00578. The molecule has 1 fully saturated rings. The van der Waals surface area contributed by atoms with Gasteiger partial charge in [-0.3, -0.25) is 9.78 Å². The van der Waals surface area contributed by atoms with E-state index in [0.717, 1.165) is 0 Å². The van der Waals surface area contributed by atoms with Crippen molar-refractivity contribution < 1.29 is 14.1 Å². The third-order valence-electron chi connectivity index (χ3n) is 3.67. The summed E-state index contributed by atoms with van der Waals surface area (Å²) in [5.41, 5.74) is -0.176. The molecule has 102 valence electrons. The third-order valence-corrected chi connectivity index (χ3v) is 3.67. The molecule has 1 aliphatic heterocycles. The molecule has 1 aromatic heterocycles. The zero-order chi connectivity index (χ0) is 14.1. The van der Waals surface area contributed by atoms with E-state index in [9.17, 15) is 4.79 Å². The van der Waals surface area contributed by atoms with Crippen molar-refractivity contribution in [2.24, 2.45) is 0 Å². The number of nitrogens with zero attached hydrogens (tertiary/aromatic N) is 1. The number of carbonyl (C=O) groups excluding carboxylic acids is 1. The number of aromatic nitrogens is 1. The second kappa shape index (κ2) is 4.94. The fourth-order valence-electron chi connectivity index (χ4n) is 1.83. The van der Waals surface area contributed by atoms with E-state index in [1.807, 2.05) is 27.7 Å². The van der Waals surface area contributed by atoms with Crippen LogP contribution in [0.5, 0.6) is 0 Å². The topological polar surface area (TPSA) is 60.5 Å². The molecule has 0 unspecified atom stereocenters. The minimum atomic E-state index is -0.421. The van der Waals surface area contributed by atoms with Gasteiger partial charge in [-0.1, -0.05) is 0 Å². The van der Waals surface area contributed by atoms with Gasteiger partial charge >= 0.3 is 7.12 Å². The van der Waals surface area contributed by atoms with Gasteiger partial charge in [0.2, 0.25) is 0 Å². The zero-order valence-electron chi connectivity index (χ0n) is 11.8. The average Bonchev–Trinajstić information content (AvgIpc) is 2.56. The van der Waals surface area contributed by atoms with Crippen LogP contribution in [-0.2, 0) is 9.31 Å². The van der Waals surface area contributed by atoms with E-state index in [1.54, 1.807) is 24.5 Å². The van der Waals surface area contributed by atoms with Crippen molar-refractivity contribution in [3.8, 4) is 0 Å². The van der Waals surface area contributed by atoms with E-state index in [1.165, 1.54) is 0 Å². The normalized spacial score (nSPS) is 20.3. The van der Waals surface area contributed by atoms with Gasteiger partial charge in [0.1, 0.15) is 0 Å². The molecule has 0 bridgehead atoms. The Kier molecular flexibility index (Phi) is 3.65. The fourth-order valence-corrected chi connectivity index (χ4v) is 1.83. The SMILES string of the molecule is CC1(C)OB(CNC(=O)c2ccncc2)OC1(C)C. The molecule has 1 aliphatic rings. The largest absolute Gasteiger partial charge is 0.478 e. The van der Waals surface area contributed by atoms with Gasteiger partial charge in [0.25, 0.3) is 5.91 Å². The Balaban J connectivity index is 1.90. The second-order valence-electron chi connectivity index (χ2n) is 5.63. The van der Waals surface area contributed by atoms with Gasteiger partial charge in [-0.2, -0.15) is 0 Å². The minimum absolute atomic E-state index is 0.155. The summed E-state index contributed by atoms with van der Waals surface area (Å²) >= 11 is 0. The molecule has 0 spiro atoms. The van der Waals surface area contributed by atoms with Gasteiger partial charge in [-0.05, 0) is 39.8 Å². The van der Waals surface area contributed by atoms with Crippen LogP contribution in [0.2, 0.25) is 0 Å². The van der Waals surface area contributed by atoms with Gasteiger partial charge in [0, 0.05) is 18.0 Å². The summed E-state index contributed by atoms with van der Waals surface area (Å²) in [5.74, 6) is -0.155. The van der Waals surface area contributed by atoms with Crippen LogP contribution in [-0.4, -0.2) is 35.7 Å². The van der Waals surface area contributed by atoms with E-state index < -0.39 is 7.12 Å². The molecule has 0 atom stereocenters. The van der Waals surface area contributed by atoms with E-state index >= 15 is 0 Å². The molecule has 1 saturated heterocycles. The van der Waals surface area contributed by atoms with E-state index in [4.69, 9.17) is 9.31 Å². The monoisotopic (exact) mass is 262 g/mol. The molecule has 1 N–H and O–H groups in total. The summed E-state index contributed by atoms with van der Waals surface area (Å²) in [7, 11) is -0.421. The van der Waals surface area contributed by atoms with Crippen molar-refractivity contribution in [2.45, 2.75) is 38.9 Å². The molecule has 0 aromatic carbocycles. The van der Waals surface area contributed by atoms with Crippen molar-refractivity contribution in [3.63, 3.8) is 0 Å². The zero-order valence-corrected chi connectivity index (χ0v) is 11.8. The highest BCUT2D eigenvalue weighted by Crippen LogP contribution is 2.36. The summed E-state index contributed by atoms with van der Waals surface area (Å²) in [6.45, 7) is 7.94. The van der Waals surface area contributed by atoms with Crippen LogP contribution in [0.25, 0.3) is 0 Å². The van der Waals surface area contributed by atoms with Gasteiger partial charge in [0.05, 0.1) is 17.6 Å². The molecule has 1 amide bonds. The predicted molar refractivity (Wildman–Crippen MR) is 72.7 cm³/mol. The number of amides is 1. The summed E-state index contributed by atoms with van der Waals surface area (Å²) in [5, 5.41) is 2.80. The lowest BCUT2D eigenvalue weighted by atomic mass is 9.90. The van der Waals surface area contributed by atoms with Gasteiger partial charge in [-0.15, -0.1) is 0 Å². The maximum Gasteiger partial charge on any atom is 0.478 e.